The van der Waals surface area contributed by atoms with Crippen molar-refractivity contribution in [3.05, 3.63) is 59.7 Å². The molecule has 0 amide bonds. The van der Waals surface area contributed by atoms with Crippen molar-refractivity contribution in [2.75, 3.05) is 12.9 Å². The van der Waals surface area contributed by atoms with E-state index in [0.717, 1.165) is 18.8 Å². The first-order chi connectivity index (χ1) is 10.3. The SMILES string of the molecule is CSc1ccc(C(C)NC2CCOc3ccccc32)cc1. The van der Waals surface area contributed by atoms with Crippen molar-refractivity contribution in [1.29, 1.82) is 0 Å². The van der Waals surface area contributed by atoms with Gasteiger partial charge in [-0.2, -0.15) is 0 Å². The highest BCUT2D eigenvalue weighted by molar-refractivity contribution is 7.98. The van der Waals surface area contributed by atoms with Crippen LogP contribution in [0.25, 0.3) is 0 Å². The summed E-state index contributed by atoms with van der Waals surface area (Å²) in [4.78, 5) is 1.31. The minimum Gasteiger partial charge on any atom is -0.493 e. The average molecular weight is 299 g/mol. The topological polar surface area (TPSA) is 21.3 Å². The van der Waals surface area contributed by atoms with Crippen molar-refractivity contribution in [3.63, 3.8) is 0 Å². The summed E-state index contributed by atoms with van der Waals surface area (Å²) in [7, 11) is 0. The molecule has 0 saturated heterocycles. The van der Waals surface area contributed by atoms with Gasteiger partial charge in [-0.3, -0.25) is 0 Å². The number of fused-ring (bicyclic) bond motifs is 1. The second kappa shape index (κ2) is 6.54. The van der Waals surface area contributed by atoms with Gasteiger partial charge in [-0.15, -0.1) is 11.8 Å². The lowest BCUT2D eigenvalue weighted by Gasteiger charge is -2.29. The van der Waals surface area contributed by atoms with E-state index in [1.165, 1.54) is 16.0 Å². The number of benzene rings is 2. The molecule has 0 saturated carbocycles. The third kappa shape index (κ3) is 3.25. The van der Waals surface area contributed by atoms with Crippen LogP contribution in [0.4, 0.5) is 0 Å². The Hall–Kier alpha value is -1.45. The molecule has 0 bridgehead atoms. The maximum atomic E-state index is 5.73. The van der Waals surface area contributed by atoms with Crippen LogP contribution in [0.2, 0.25) is 0 Å². The molecule has 21 heavy (non-hydrogen) atoms. The first kappa shape index (κ1) is 14.5. The molecule has 0 aliphatic carbocycles. The number of thioether (sulfide) groups is 1. The highest BCUT2D eigenvalue weighted by atomic mass is 32.2. The van der Waals surface area contributed by atoms with Crippen LogP contribution in [0.1, 0.15) is 36.6 Å². The van der Waals surface area contributed by atoms with E-state index in [0.29, 0.717) is 12.1 Å². The van der Waals surface area contributed by atoms with E-state index >= 15 is 0 Å². The van der Waals surface area contributed by atoms with Crippen molar-refractivity contribution >= 4 is 11.8 Å². The molecule has 2 aromatic carbocycles. The van der Waals surface area contributed by atoms with Gasteiger partial charge in [0.15, 0.2) is 0 Å². The lowest BCUT2D eigenvalue weighted by molar-refractivity contribution is 0.246. The second-order valence-electron chi connectivity index (χ2n) is 5.39. The Morgan fingerprint density at radius 2 is 1.90 bits per heavy atom. The molecule has 2 aromatic rings. The van der Waals surface area contributed by atoms with Crippen molar-refractivity contribution in [1.82, 2.24) is 5.32 Å². The molecule has 1 N–H and O–H groups in total. The number of rotatable bonds is 4. The molecule has 3 rings (SSSR count). The summed E-state index contributed by atoms with van der Waals surface area (Å²) in [6, 6.07) is 17.8. The van der Waals surface area contributed by atoms with Gasteiger partial charge in [0, 0.05) is 29.0 Å². The van der Waals surface area contributed by atoms with Gasteiger partial charge in [-0.05, 0) is 36.9 Å². The zero-order valence-corrected chi connectivity index (χ0v) is 13.3. The Kier molecular flexibility index (Phi) is 4.51. The summed E-state index contributed by atoms with van der Waals surface area (Å²) in [6.07, 6.45) is 3.12. The highest BCUT2D eigenvalue weighted by Crippen LogP contribution is 2.33. The van der Waals surface area contributed by atoms with Gasteiger partial charge in [-0.25, -0.2) is 0 Å². The maximum Gasteiger partial charge on any atom is 0.124 e. The molecule has 0 spiro atoms. The summed E-state index contributed by atoms with van der Waals surface area (Å²) in [5.41, 5.74) is 2.60. The normalized spacial score (nSPS) is 18.7. The Morgan fingerprint density at radius 3 is 2.67 bits per heavy atom. The zero-order valence-electron chi connectivity index (χ0n) is 12.5. The fourth-order valence-corrected chi connectivity index (χ4v) is 3.21. The first-order valence-electron chi connectivity index (χ1n) is 7.39. The Balaban J connectivity index is 1.74. The van der Waals surface area contributed by atoms with Crippen molar-refractivity contribution < 1.29 is 4.74 Å². The fourth-order valence-electron chi connectivity index (χ4n) is 2.81. The van der Waals surface area contributed by atoms with Crippen LogP contribution in [0.3, 0.4) is 0 Å². The highest BCUT2D eigenvalue weighted by Gasteiger charge is 2.22. The van der Waals surface area contributed by atoms with E-state index in [1.807, 2.05) is 6.07 Å². The van der Waals surface area contributed by atoms with Crippen LogP contribution in [-0.4, -0.2) is 12.9 Å². The molecule has 2 unspecified atom stereocenters. The van der Waals surface area contributed by atoms with Crippen molar-refractivity contribution in [2.24, 2.45) is 0 Å². The standard InChI is InChI=1S/C18H21NOS/c1-13(14-7-9-15(21-2)10-8-14)19-17-11-12-20-18-6-4-3-5-16(17)18/h3-10,13,17,19H,11-12H2,1-2H3. The second-order valence-corrected chi connectivity index (χ2v) is 6.27. The lowest BCUT2D eigenvalue weighted by Crippen LogP contribution is -2.29. The largest absolute Gasteiger partial charge is 0.493 e. The quantitative estimate of drug-likeness (QED) is 0.835. The third-order valence-electron chi connectivity index (χ3n) is 4.03. The first-order valence-corrected chi connectivity index (χ1v) is 8.62. The van der Waals surface area contributed by atoms with Crippen LogP contribution in [0.5, 0.6) is 5.75 Å². The Labute approximate surface area is 130 Å². The zero-order chi connectivity index (χ0) is 14.7. The maximum absolute atomic E-state index is 5.73. The number of nitrogens with one attached hydrogen (secondary N) is 1. The average Bonchev–Trinajstić information content (AvgIpc) is 2.55. The summed E-state index contributed by atoms with van der Waals surface area (Å²) in [5.74, 6) is 1.02. The van der Waals surface area contributed by atoms with Gasteiger partial charge in [0.25, 0.3) is 0 Å². The van der Waals surface area contributed by atoms with Crippen LogP contribution in [0, 0.1) is 0 Å². The van der Waals surface area contributed by atoms with E-state index in [9.17, 15) is 0 Å². The number of ether oxygens (including phenoxy) is 1. The molecule has 1 aliphatic rings. The molecular formula is C18H21NOS. The van der Waals surface area contributed by atoms with E-state index in [2.05, 4.69) is 61.0 Å². The Bertz CT molecular complexity index is 596. The predicted octanol–water partition coefficient (Wildman–Crippen LogP) is 4.58. The van der Waals surface area contributed by atoms with Crippen molar-refractivity contribution in [3.8, 4) is 5.75 Å². The van der Waals surface area contributed by atoms with Gasteiger partial charge >= 0.3 is 0 Å². The molecule has 3 heteroatoms. The van der Waals surface area contributed by atoms with Gasteiger partial charge in [0.2, 0.25) is 0 Å². The van der Waals surface area contributed by atoms with Gasteiger partial charge in [-0.1, -0.05) is 30.3 Å². The molecule has 110 valence electrons. The molecule has 0 fully saturated rings. The summed E-state index contributed by atoms with van der Waals surface area (Å²) >= 11 is 1.78. The monoisotopic (exact) mass is 299 g/mol. The molecule has 1 aliphatic heterocycles. The van der Waals surface area contributed by atoms with Crippen molar-refractivity contribution in [2.45, 2.75) is 30.3 Å². The predicted molar refractivity (Wildman–Crippen MR) is 89.1 cm³/mol. The van der Waals surface area contributed by atoms with Crippen LogP contribution < -0.4 is 10.1 Å². The van der Waals surface area contributed by atoms with E-state index in [-0.39, 0.29) is 0 Å². The minimum atomic E-state index is 0.331. The fraction of sp³-hybridized carbons (Fsp3) is 0.333. The molecule has 0 radical (unpaired) electrons. The third-order valence-corrected chi connectivity index (χ3v) is 4.77. The number of hydrogen-bond acceptors (Lipinski definition) is 3. The molecule has 1 heterocycles. The lowest BCUT2D eigenvalue weighted by atomic mass is 9.98. The Morgan fingerprint density at radius 1 is 1.14 bits per heavy atom. The van der Waals surface area contributed by atoms with Gasteiger partial charge < -0.3 is 10.1 Å². The molecule has 0 aromatic heterocycles. The summed E-state index contributed by atoms with van der Waals surface area (Å²) in [6.45, 7) is 3.01. The molecular weight excluding hydrogens is 278 g/mol. The smallest absolute Gasteiger partial charge is 0.124 e. The van der Waals surface area contributed by atoms with Crippen LogP contribution in [0.15, 0.2) is 53.4 Å². The van der Waals surface area contributed by atoms with E-state index in [1.54, 1.807) is 11.8 Å². The van der Waals surface area contributed by atoms with E-state index < -0.39 is 0 Å². The minimum absolute atomic E-state index is 0.331. The van der Waals surface area contributed by atoms with Crippen LogP contribution in [-0.2, 0) is 0 Å². The number of hydrogen-bond donors (Lipinski definition) is 1. The number of para-hydroxylation sites is 1. The molecule has 2 nitrogen and oxygen atoms in total. The summed E-state index contributed by atoms with van der Waals surface area (Å²) < 4.78 is 5.73. The van der Waals surface area contributed by atoms with Gasteiger partial charge in [0.05, 0.1) is 6.61 Å². The van der Waals surface area contributed by atoms with Crippen LogP contribution >= 0.6 is 11.8 Å². The summed E-state index contributed by atoms with van der Waals surface area (Å²) in [5, 5.41) is 3.74. The van der Waals surface area contributed by atoms with E-state index in [4.69, 9.17) is 4.74 Å². The van der Waals surface area contributed by atoms with Gasteiger partial charge in [0.1, 0.15) is 5.75 Å². The molecule has 2 atom stereocenters.